The lowest BCUT2D eigenvalue weighted by Crippen LogP contribution is -1.92. The highest BCUT2D eigenvalue weighted by Gasteiger charge is 1.90. The van der Waals surface area contributed by atoms with Gasteiger partial charge in [-0.2, -0.15) is 0 Å². The van der Waals surface area contributed by atoms with Crippen LogP contribution in [0.1, 0.15) is 53.4 Å². The molecule has 22 heavy (non-hydrogen) atoms. The predicted molar refractivity (Wildman–Crippen MR) is 88.9 cm³/mol. The van der Waals surface area contributed by atoms with Crippen molar-refractivity contribution in [1.82, 2.24) is 0 Å². The first-order valence-corrected chi connectivity index (χ1v) is 7.11. The average Bonchev–Trinajstić information content (AvgIpc) is 2.46. The van der Waals surface area contributed by atoms with Gasteiger partial charge in [0.15, 0.2) is 0 Å². The van der Waals surface area contributed by atoms with E-state index in [-0.39, 0.29) is 24.4 Å². The third-order valence-electron chi connectivity index (χ3n) is 1.79. The minimum Gasteiger partial charge on any atom is -0.478 e. The standard InChI is InChI=1S/C6H14.2C4H6O2.C2H6O2/c1-3-5-6-4-2;2*1-3(2)4(5)6;3-1-2-4/h3-6H2,1-2H3;2*1H2,2H3,(H,5,6);3-4H,1-2H2. The van der Waals surface area contributed by atoms with Gasteiger partial charge in [-0.15, -0.1) is 0 Å². The molecule has 0 spiro atoms. The molecule has 0 radical (unpaired) electrons. The Morgan fingerprint density at radius 3 is 1.00 bits per heavy atom. The first-order chi connectivity index (χ1) is 10.1. The number of unbranched alkanes of at least 4 members (excludes halogenated alkanes) is 3. The number of carboxylic acids is 2. The molecule has 0 heterocycles. The first kappa shape index (κ1) is 28.5. The summed E-state index contributed by atoms with van der Waals surface area (Å²) in [7, 11) is 0. The van der Waals surface area contributed by atoms with E-state index in [9.17, 15) is 9.59 Å². The van der Waals surface area contributed by atoms with E-state index >= 15 is 0 Å². The van der Waals surface area contributed by atoms with Crippen molar-refractivity contribution in [2.24, 2.45) is 0 Å². The maximum absolute atomic E-state index is 9.60. The van der Waals surface area contributed by atoms with Crippen LogP contribution < -0.4 is 0 Å². The summed E-state index contributed by atoms with van der Waals surface area (Å²) in [5.74, 6) is -1.87. The van der Waals surface area contributed by atoms with Gasteiger partial charge in [-0.3, -0.25) is 0 Å². The zero-order valence-corrected chi connectivity index (χ0v) is 14.3. The second kappa shape index (κ2) is 24.4. The van der Waals surface area contributed by atoms with Crippen LogP contribution in [0.2, 0.25) is 0 Å². The van der Waals surface area contributed by atoms with E-state index in [1.807, 2.05) is 0 Å². The fourth-order valence-corrected chi connectivity index (χ4v) is 0.500. The smallest absolute Gasteiger partial charge is 0.330 e. The van der Waals surface area contributed by atoms with Crippen molar-refractivity contribution in [2.75, 3.05) is 13.2 Å². The van der Waals surface area contributed by atoms with Gasteiger partial charge in [0.25, 0.3) is 0 Å². The lowest BCUT2D eigenvalue weighted by atomic mass is 10.2. The summed E-state index contributed by atoms with van der Waals surface area (Å²) in [6.07, 6.45) is 5.54. The molecule has 4 N–H and O–H groups in total. The Bertz CT molecular complexity index is 243. The molecule has 0 fully saturated rings. The van der Waals surface area contributed by atoms with E-state index in [1.165, 1.54) is 39.5 Å². The maximum Gasteiger partial charge on any atom is 0.330 e. The van der Waals surface area contributed by atoms with Crippen LogP contribution in [0.4, 0.5) is 0 Å². The summed E-state index contributed by atoms with van der Waals surface area (Å²) in [5.41, 5.74) is 0.352. The number of aliphatic hydroxyl groups is 2. The molecule has 0 bridgehead atoms. The van der Waals surface area contributed by atoms with Gasteiger partial charge in [-0.05, 0) is 13.8 Å². The zero-order valence-electron chi connectivity index (χ0n) is 14.3. The van der Waals surface area contributed by atoms with Crippen molar-refractivity contribution >= 4 is 11.9 Å². The number of rotatable bonds is 6. The van der Waals surface area contributed by atoms with Gasteiger partial charge in [-0.25, -0.2) is 9.59 Å². The van der Waals surface area contributed by atoms with Crippen LogP contribution in [0.15, 0.2) is 24.3 Å². The quantitative estimate of drug-likeness (QED) is 0.442. The number of carboxylic acid groups (broad SMARTS) is 2. The molecule has 0 aliphatic rings. The molecule has 0 aromatic heterocycles. The van der Waals surface area contributed by atoms with Crippen molar-refractivity contribution in [2.45, 2.75) is 53.4 Å². The molecule has 132 valence electrons. The Balaban J connectivity index is -0.0000000994. The zero-order chi connectivity index (χ0) is 18.6. The molecule has 0 saturated carbocycles. The minimum atomic E-state index is -0.935. The second-order valence-electron chi connectivity index (χ2n) is 4.33. The summed E-state index contributed by atoms with van der Waals surface area (Å²) in [6, 6.07) is 0. The minimum absolute atomic E-state index is 0.125. The lowest BCUT2D eigenvalue weighted by Gasteiger charge is -1.86. The van der Waals surface area contributed by atoms with Crippen molar-refractivity contribution in [3.05, 3.63) is 24.3 Å². The Hall–Kier alpha value is -1.66. The fourth-order valence-electron chi connectivity index (χ4n) is 0.500. The molecule has 0 aliphatic heterocycles. The van der Waals surface area contributed by atoms with Gasteiger partial charge in [0.1, 0.15) is 0 Å². The van der Waals surface area contributed by atoms with E-state index in [0.717, 1.165) is 0 Å². The summed E-state index contributed by atoms with van der Waals surface area (Å²) >= 11 is 0. The van der Waals surface area contributed by atoms with Gasteiger partial charge in [-0.1, -0.05) is 52.7 Å². The van der Waals surface area contributed by atoms with Gasteiger partial charge < -0.3 is 20.4 Å². The van der Waals surface area contributed by atoms with E-state index in [1.54, 1.807) is 0 Å². The van der Waals surface area contributed by atoms with Gasteiger partial charge in [0, 0.05) is 11.1 Å². The molecular weight excluding hydrogens is 288 g/mol. The monoisotopic (exact) mass is 320 g/mol. The molecular formula is C16H32O6. The highest BCUT2D eigenvalue weighted by atomic mass is 16.4. The number of hydrogen-bond donors (Lipinski definition) is 4. The molecule has 0 rings (SSSR count). The fraction of sp³-hybridized carbons (Fsp3) is 0.625. The normalized spacial score (nSPS) is 7.91. The number of aliphatic carboxylic acids is 2. The molecule has 6 heteroatoms. The average molecular weight is 320 g/mol. The topological polar surface area (TPSA) is 115 Å². The molecule has 0 saturated heterocycles. The second-order valence-corrected chi connectivity index (χ2v) is 4.33. The Morgan fingerprint density at radius 2 is 0.955 bits per heavy atom. The summed E-state index contributed by atoms with van der Waals surface area (Å²) in [4.78, 5) is 19.2. The van der Waals surface area contributed by atoms with Crippen LogP contribution in [0.3, 0.4) is 0 Å². The van der Waals surface area contributed by atoms with E-state index in [4.69, 9.17) is 20.4 Å². The van der Waals surface area contributed by atoms with E-state index in [2.05, 4.69) is 27.0 Å². The van der Waals surface area contributed by atoms with E-state index < -0.39 is 11.9 Å². The molecule has 0 amide bonds. The van der Waals surface area contributed by atoms with Crippen molar-refractivity contribution in [1.29, 1.82) is 0 Å². The SMILES string of the molecule is C=C(C)C(=O)O.C=C(C)C(=O)O.CCCCCC.OCCO. The van der Waals surface area contributed by atoms with Crippen LogP contribution in [-0.4, -0.2) is 45.6 Å². The first-order valence-electron chi connectivity index (χ1n) is 7.11. The molecule has 0 aliphatic carbocycles. The highest BCUT2D eigenvalue weighted by Crippen LogP contribution is 1.95. The third kappa shape index (κ3) is 51.6. The van der Waals surface area contributed by atoms with Crippen LogP contribution in [-0.2, 0) is 9.59 Å². The summed E-state index contributed by atoms with van der Waals surface area (Å²) < 4.78 is 0. The highest BCUT2D eigenvalue weighted by molar-refractivity contribution is 5.85. The van der Waals surface area contributed by atoms with Crippen LogP contribution in [0.5, 0.6) is 0 Å². The van der Waals surface area contributed by atoms with Crippen LogP contribution in [0, 0.1) is 0 Å². The Morgan fingerprint density at radius 1 is 0.773 bits per heavy atom. The van der Waals surface area contributed by atoms with Crippen molar-refractivity contribution < 1.29 is 30.0 Å². The number of aliphatic hydroxyl groups excluding tert-OH is 2. The number of hydrogen-bond acceptors (Lipinski definition) is 4. The summed E-state index contributed by atoms with van der Waals surface area (Å²) in [6.45, 7) is 13.4. The Kier molecular flexibility index (Phi) is 31.6. The Labute approximate surface area is 133 Å². The predicted octanol–water partition coefficient (Wildman–Crippen LogP) is 2.85. The molecule has 0 atom stereocenters. The lowest BCUT2D eigenvalue weighted by molar-refractivity contribution is -0.133. The van der Waals surface area contributed by atoms with Gasteiger partial charge in [0.05, 0.1) is 13.2 Å². The van der Waals surface area contributed by atoms with Gasteiger partial charge in [0.2, 0.25) is 0 Å². The van der Waals surface area contributed by atoms with Crippen molar-refractivity contribution in [3.8, 4) is 0 Å². The molecule has 0 aromatic rings. The molecule has 0 aromatic carbocycles. The third-order valence-corrected chi connectivity index (χ3v) is 1.79. The van der Waals surface area contributed by atoms with Crippen LogP contribution >= 0.6 is 0 Å². The maximum atomic E-state index is 9.60. The van der Waals surface area contributed by atoms with Gasteiger partial charge >= 0.3 is 11.9 Å². The molecule has 6 nitrogen and oxygen atoms in total. The number of carbonyl (C=O) groups is 2. The summed E-state index contributed by atoms with van der Waals surface area (Å²) in [5, 5.41) is 31.0. The van der Waals surface area contributed by atoms with E-state index in [0.29, 0.717) is 0 Å². The largest absolute Gasteiger partial charge is 0.478 e. The van der Waals surface area contributed by atoms with Crippen LogP contribution in [0.25, 0.3) is 0 Å². The molecule has 0 unspecified atom stereocenters. The van der Waals surface area contributed by atoms with Crippen molar-refractivity contribution in [3.63, 3.8) is 0 Å².